The van der Waals surface area contributed by atoms with Crippen molar-refractivity contribution < 1.29 is 19.1 Å². The van der Waals surface area contributed by atoms with E-state index in [4.69, 9.17) is 9.47 Å². The lowest BCUT2D eigenvalue weighted by atomic mass is 10.2. The van der Waals surface area contributed by atoms with Crippen LogP contribution in [0.5, 0.6) is 5.75 Å². The number of nitrogens with one attached hydrogen (secondary N) is 1. The van der Waals surface area contributed by atoms with Gasteiger partial charge in [0.05, 0.1) is 18.4 Å². The standard InChI is InChI=1S/C22H19NO4S/c1-26-17-13-11-16(12-14-17)22(25)27-15-21(24)23-19-9-5-6-10-20(19)28-18-7-3-2-4-8-18/h2-14H,15H2,1H3,(H,23,24). The molecule has 3 aromatic carbocycles. The maximum atomic E-state index is 12.2. The molecular formula is C22H19NO4S. The molecule has 142 valence electrons. The van der Waals surface area contributed by atoms with Gasteiger partial charge in [0.2, 0.25) is 0 Å². The van der Waals surface area contributed by atoms with Gasteiger partial charge in [-0.15, -0.1) is 0 Å². The number of carbonyl (C=O) groups is 2. The summed E-state index contributed by atoms with van der Waals surface area (Å²) in [6, 6.07) is 23.9. The van der Waals surface area contributed by atoms with Gasteiger partial charge >= 0.3 is 5.97 Å². The second-order valence-electron chi connectivity index (χ2n) is 5.76. The molecule has 3 aromatic rings. The highest BCUT2D eigenvalue weighted by atomic mass is 32.2. The Morgan fingerprint density at radius 2 is 1.57 bits per heavy atom. The summed E-state index contributed by atoms with van der Waals surface area (Å²) in [5.41, 5.74) is 1.02. The molecule has 0 saturated carbocycles. The number of esters is 1. The first-order chi connectivity index (χ1) is 13.7. The fraction of sp³-hybridized carbons (Fsp3) is 0.0909. The molecular weight excluding hydrogens is 374 g/mol. The molecule has 0 bridgehead atoms. The fourth-order valence-corrected chi connectivity index (χ4v) is 3.33. The highest BCUT2D eigenvalue weighted by Crippen LogP contribution is 2.33. The van der Waals surface area contributed by atoms with Crippen molar-refractivity contribution in [2.45, 2.75) is 9.79 Å². The molecule has 0 spiro atoms. The Bertz CT molecular complexity index is 942. The summed E-state index contributed by atoms with van der Waals surface area (Å²) < 4.78 is 10.1. The summed E-state index contributed by atoms with van der Waals surface area (Å²) in [5.74, 6) is -0.325. The van der Waals surface area contributed by atoms with E-state index in [1.54, 1.807) is 43.1 Å². The van der Waals surface area contributed by atoms with Gasteiger partial charge in [-0.05, 0) is 48.5 Å². The predicted molar refractivity (Wildman–Crippen MR) is 109 cm³/mol. The number of ether oxygens (including phenoxy) is 2. The minimum atomic E-state index is -0.565. The van der Waals surface area contributed by atoms with E-state index in [1.165, 1.54) is 0 Å². The average Bonchev–Trinajstić information content (AvgIpc) is 2.74. The summed E-state index contributed by atoms with van der Waals surface area (Å²) in [7, 11) is 1.55. The molecule has 0 aliphatic carbocycles. The monoisotopic (exact) mass is 393 g/mol. The third-order valence-corrected chi connectivity index (χ3v) is 4.88. The predicted octanol–water partition coefficient (Wildman–Crippen LogP) is 4.64. The van der Waals surface area contributed by atoms with Crippen LogP contribution < -0.4 is 10.1 Å². The molecule has 0 aromatic heterocycles. The quantitative estimate of drug-likeness (QED) is 0.593. The summed E-state index contributed by atoms with van der Waals surface area (Å²) >= 11 is 1.55. The van der Waals surface area contributed by atoms with E-state index in [-0.39, 0.29) is 6.61 Å². The molecule has 0 heterocycles. The number of methoxy groups -OCH3 is 1. The van der Waals surface area contributed by atoms with Crippen LogP contribution in [0.3, 0.4) is 0 Å². The van der Waals surface area contributed by atoms with Crippen molar-refractivity contribution in [2.75, 3.05) is 19.0 Å². The van der Waals surface area contributed by atoms with Gasteiger partial charge in [-0.25, -0.2) is 4.79 Å². The van der Waals surface area contributed by atoms with Gasteiger partial charge in [-0.3, -0.25) is 4.79 Å². The van der Waals surface area contributed by atoms with Gasteiger partial charge in [-0.1, -0.05) is 42.1 Å². The lowest BCUT2D eigenvalue weighted by Crippen LogP contribution is -2.21. The molecule has 1 amide bonds. The number of anilines is 1. The second kappa shape index (κ2) is 9.62. The first-order valence-corrected chi connectivity index (χ1v) is 9.40. The zero-order valence-corrected chi connectivity index (χ0v) is 16.1. The van der Waals surface area contributed by atoms with Crippen molar-refractivity contribution in [3.63, 3.8) is 0 Å². The number of hydrogen-bond donors (Lipinski definition) is 1. The molecule has 0 saturated heterocycles. The summed E-state index contributed by atoms with van der Waals surface area (Å²) in [5, 5.41) is 2.80. The van der Waals surface area contributed by atoms with Crippen LogP contribution >= 0.6 is 11.8 Å². The average molecular weight is 393 g/mol. The smallest absolute Gasteiger partial charge is 0.338 e. The van der Waals surface area contributed by atoms with Gasteiger partial charge in [-0.2, -0.15) is 0 Å². The van der Waals surface area contributed by atoms with Crippen LogP contribution in [0.15, 0.2) is 88.7 Å². The number of hydrogen-bond acceptors (Lipinski definition) is 5. The largest absolute Gasteiger partial charge is 0.497 e. The van der Waals surface area contributed by atoms with Crippen molar-refractivity contribution in [2.24, 2.45) is 0 Å². The van der Waals surface area contributed by atoms with Crippen LogP contribution in [0.2, 0.25) is 0 Å². The Balaban J connectivity index is 1.58. The number of para-hydroxylation sites is 1. The zero-order valence-electron chi connectivity index (χ0n) is 15.3. The van der Waals surface area contributed by atoms with E-state index in [0.717, 1.165) is 9.79 Å². The van der Waals surface area contributed by atoms with E-state index in [2.05, 4.69) is 5.32 Å². The first kappa shape index (κ1) is 19.5. The number of amides is 1. The van der Waals surface area contributed by atoms with Crippen LogP contribution in [0.1, 0.15) is 10.4 Å². The van der Waals surface area contributed by atoms with Crippen molar-refractivity contribution in [1.29, 1.82) is 0 Å². The van der Waals surface area contributed by atoms with Crippen LogP contribution in [0, 0.1) is 0 Å². The first-order valence-electron chi connectivity index (χ1n) is 8.58. The Hall–Kier alpha value is -3.25. The summed E-state index contributed by atoms with van der Waals surface area (Å²) in [4.78, 5) is 26.3. The molecule has 0 aliphatic rings. The second-order valence-corrected chi connectivity index (χ2v) is 6.88. The van der Waals surface area contributed by atoms with Crippen LogP contribution in [-0.2, 0) is 9.53 Å². The normalized spacial score (nSPS) is 10.2. The molecule has 0 radical (unpaired) electrons. The van der Waals surface area contributed by atoms with Gasteiger partial charge in [0, 0.05) is 9.79 Å². The summed E-state index contributed by atoms with van der Waals surface area (Å²) in [6.45, 7) is -0.366. The lowest BCUT2D eigenvalue weighted by Gasteiger charge is -2.11. The van der Waals surface area contributed by atoms with Crippen molar-refractivity contribution >= 4 is 29.3 Å². The van der Waals surface area contributed by atoms with Crippen molar-refractivity contribution in [3.8, 4) is 5.75 Å². The van der Waals surface area contributed by atoms with Crippen LogP contribution in [0.25, 0.3) is 0 Å². The van der Waals surface area contributed by atoms with Gasteiger partial charge in [0.25, 0.3) is 5.91 Å². The highest BCUT2D eigenvalue weighted by Gasteiger charge is 2.12. The molecule has 3 rings (SSSR count). The Morgan fingerprint density at radius 3 is 2.29 bits per heavy atom. The molecule has 6 heteroatoms. The van der Waals surface area contributed by atoms with Gasteiger partial charge in [0.15, 0.2) is 6.61 Å². The van der Waals surface area contributed by atoms with Crippen molar-refractivity contribution in [1.82, 2.24) is 0 Å². The van der Waals surface area contributed by atoms with E-state index in [9.17, 15) is 9.59 Å². The summed E-state index contributed by atoms with van der Waals surface area (Å²) in [6.07, 6.45) is 0. The van der Waals surface area contributed by atoms with E-state index in [1.807, 2.05) is 54.6 Å². The maximum absolute atomic E-state index is 12.2. The minimum Gasteiger partial charge on any atom is -0.497 e. The van der Waals surface area contributed by atoms with Crippen molar-refractivity contribution in [3.05, 3.63) is 84.4 Å². The third kappa shape index (κ3) is 5.37. The Morgan fingerprint density at radius 1 is 0.893 bits per heavy atom. The zero-order chi connectivity index (χ0) is 19.8. The fourth-order valence-electron chi connectivity index (χ4n) is 2.40. The maximum Gasteiger partial charge on any atom is 0.338 e. The molecule has 0 unspecified atom stereocenters. The molecule has 0 atom stereocenters. The number of rotatable bonds is 7. The van der Waals surface area contributed by atoms with Crippen LogP contribution in [-0.4, -0.2) is 25.6 Å². The highest BCUT2D eigenvalue weighted by molar-refractivity contribution is 7.99. The molecule has 5 nitrogen and oxygen atoms in total. The topological polar surface area (TPSA) is 64.6 Å². The molecule has 28 heavy (non-hydrogen) atoms. The lowest BCUT2D eigenvalue weighted by molar-refractivity contribution is -0.119. The minimum absolute atomic E-state index is 0.355. The molecule has 0 fully saturated rings. The van der Waals surface area contributed by atoms with E-state index >= 15 is 0 Å². The molecule has 0 aliphatic heterocycles. The Kier molecular flexibility index (Phi) is 6.70. The molecule has 1 N–H and O–H groups in total. The van der Waals surface area contributed by atoms with Gasteiger partial charge in [0.1, 0.15) is 5.75 Å². The van der Waals surface area contributed by atoms with Crippen LogP contribution in [0.4, 0.5) is 5.69 Å². The number of benzene rings is 3. The van der Waals surface area contributed by atoms with E-state index in [0.29, 0.717) is 17.0 Å². The van der Waals surface area contributed by atoms with Gasteiger partial charge < -0.3 is 14.8 Å². The Labute approximate surface area is 167 Å². The number of carbonyl (C=O) groups excluding carboxylic acids is 2. The SMILES string of the molecule is COc1ccc(C(=O)OCC(=O)Nc2ccccc2Sc2ccccc2)cc1. The third-order valence-electron chi connectivity index (χ3n) is 3.79. The van der Waals surface area contributed by atoms with E-state index < -0.39 is 11.9 Å².